The number of benzene rings is 1. The van der Waals surface area contributed by atoms with E-state index in [0.717, 1.165) is 30.7 Å². The highest BCUT2D eigenvalue weighted by Crippen LogP contribution is 2.28. The number of carbonyl (C=O) groups is 3. The quantitative estimate of drug-likeness (QED) is 0.324. The average molecular weight is 438 g/mol. The minimum atomic E-state index is -1.62. The minimum Gasteiger partial charge on any atom is -0.492 e. The molecule has 0 bridgehead atoms. The highest BCUT2D eigenvalue weighted by molar-refractivity contribution is 5.97. The number of rotatable bonds is 10. The smallest absolute Gasteiger partial charge is 0.358 e. The normalized spacial score (nSPS) is 16.0. The summed E-state index contributed by atoms with van der Waals surface area (Å²) in [4.78, 5) is 37.2. The molecule has 31 heavy (non-hydrogen) atoms. The molecule has 0 radical (unpaired) electrons. The summed E-state index contributed by atoms with van der Waals surface area (Å²) in [5.41, 5.74) is -0.376. The first-order valence-electron chi connectivity index (χ1n) is 9.61. The Hall–Kier alpha value is -3.27. The molecule has 0 spiro atoms. The van der Waals surface area contributed by atoms with Gasteiger partial charge in [-0.3, -0.25) is 4.79 Å². The number of hydrogen-bond donors (Lipinski definition) is 2. The fourth-order valence-corrected chi connectivity index (χ4v) is 2.85. The van der Waals surface area contributed by atoms with Gasteiger partial charge in [-0.1, -0.05) is 19.4 Å². The molecule has 0 saturated carbocycles. The number of hydrogen-bond acceptors (Lipinski definition) is 7. The van der Waals surface area contributed by atoms with Gasteiger partial charge in [0.25, 0.3) is 5.91 Å². The molecule has 0 saturated heterocycles. The van der Waals surface area contributed by atoms with Crippen molar-refractivity contribution < 1.29 is 37.7 Å². The van der Waals surface area contributed by atoms with Crippen molar-refractivity contribution in [1.29, 1.82) is 0 Å². The van der Waals surface area contributed by atoms with Crippen LogP contribution in [0.25, 0.3) is 0 Å². The fourth-order valence-electron chi connectivity index (χ4n) is 2.85. The standard InChI is InChI=1S/C21H24F2N2O6/c1-3-4-9-31-19-17(21(29)30-2)25(7-8-26)12-15(18(19)27)20(28)24-11-13-5-6-14(22)10-16(13)23/h5-6,8,10,12,18,27H,3-4,7,9,11H2,1-2H3,(H,24,28). The van der Waals surface area contributed by atoms with Crippen LogP contribution in [0.3, 0.4) is 0 Å². The third-order valence-corrected chi connectivity index (χ3v) is 4.48. The van der Waals surface area contributed by atoms with Gasteiger partial charge in [-0.2, -0.15) is 0 Å². The van der Waals surface area contributed by atoms with Gasteiger partial charge >= 0.3 is 5.97 Å². The molecule has 1 heterocycles. The highest BCUT2D eigenvalue weighted by atomic mass is 19.1. The molecule has 1 aliphatic rings. The SMILES string of the molecule is CCCCOC1=C(C(=O)OC)N(CC=O)C=C(C(=O)NCc2ccc(F)cc2F)C1O. The topological polar surface area (TPSA) is 105 Å². The second-order valence-corrected chi connectivity index (χ2v) is 6.63. The maximum Gasteiger partial charge on any atom is 0.358 e. The van der Waals surface area contributed by atoms with E-state index >= 15 is 0 Å². The predicted octanol–water partition coefficient (Wildman–Crippen LogP) is 1.54. The lowest BCUT2D eigenvalue weighted by molar-refractivity contribution is -0.138. The molecule has 2 rings (SSSR count). The number of methoxy groups -OCH3 is 1. The molecule has 1 unspecified atom stereocenters. The number of nitrogens with zero attached hydrogens (tertiary/aromatic N) is 1. The first-order valence-corrected chi connectivity index (χ1v) is 9.61. The van der Waals surface area contributed by atoms with E-state index in [-0.39, 0.29) is 42.3 Å². The molecular weight excluding hydrogens is 414 g/mol. The summed E-state index contributed by atoms with van der Waals surface area (Å²) >= 11 is 0. The Labute approximate surface area is 178 Å². The van der Waals surface area contributed by atoms with Crippen LogP contribution >= 0.6 is 0 Å². The molecule has 0 aromatic heterocycles. The molecule has 8 nitrogen and oxygen atoms in total. The number of aliphatic hydroxyl groups is 1. The number of carbonyl (C=O) groups excluding carboxylic acids is 3. The molecule has 168 valence electrons. The Morgan fingerprint density at radius 1 is 1.32 bits per heavy atom. The number of nitrogens with one attached hydrogen (secondary N) is 1. The average Bonchev–Trinajstić information content (AvgIpc) is 2.74. The van der Waals surface area contributed by atoms with E-state index in [2.05, 4.69) is 5.32 Å². The highest BCUT2D eigenvalue weighted by Gasteiger charge is 2.37. The van der Waals surface area contributed by atoms with Crippen molar-refractivity contribution in [2.45, 2.75) is 32.4 Å². The summed E-state index contributed by atoms with van der Waals surface area (Å²) in [6, 6.07) is 2.92. The van der Waals surface area contributed by atoms with E-state index in [9.17, 15) is 28.3 Å². The van der Waals surface area contributed by atoms with Gasteiger partial charge in [-0.05, 0) is 12.5 Å². The van der Waals surface area contributed by atoms with Gasteiger partial charge < -0.3 is 29.6 Å². The summed E-state index contributed by atoms with van der Waals surface area (Å²) in [6.07, 6.45) is 1.42. The number of aldehydes is 1. The predicted molar refractivity (Wildman–Crippen MR) is 105 cm³/mol. The first-order chi connectivity index (χ1) is 14.8. The van der Waals surface area contributed by atoms with Crippen LogP contribution in [0.5, 0.6) is 0 Å². The third-order valence-electron chi connectivity index (χ3n) is 4.48. The lowest BCUT2D eigenvalue weighted by atomic mass is 10.0. The lowest BCUT2D eigenvalue weighted by Gasteiger charge is -2.31. The van der Waals surface area contributed by atoms with Gasteiger partial charge in [0.2, 0.25) is 0 Å². The van der Waals surface area contributed by atoms with E-state index in [0.29, 0.717) is 18.8 Å². The van der Waals surface area contributed by atoms with Gasteiger partial charge in [0, 0.05) is 24.4 Å². The second kappa shape index (κ2) is 11.2. The van der Waals surface area contributed by atoms with Crippen molar-refractivity contribution in [3.63, 3.8) is 0 Å². The van der Waals surface area contributed by atoms with Crippen LogP contribution in [0.4, 0.5) is 8.78 Å². The second-order valence-electron chi connectivity index (χ2n) is 6.63. The van der Waals surface area contributed by atoms with Crippen molar-refractivity contribution >= 4 is 18.2 Å². The Morgan fingerprint density at radius 3 is 2.68 bits per heavy atom. The van der Waals surface area contributed by atoms with E-state index in [4.69, 9.17) is 9.47 Å². The molecule has 0 fully saturated rings. The van der Waals surface area contributed by atoms with Crippen LogP contribution in [-0.2, 0) is 30.4 Å². The van der Waals surface area contributed by atoms with Crippen LogP contribution in [0.1, 0.15) is 25.3 Å². The van der Waals surface area contributed by atoms with Crippen LogP contribution in [0.15, 0.2) is 41.4 Å². The van der Waals surface area contributed by atoms with Crippen molar-refractivity contribution in [1.82, 2.24) is 10.2 Å². The number of aliphatic hydroxyl groups excluding tert-OH is 1. The Bertz CT molecular complexity index is 900. The molecule has 1 aromatic rings. The monoisotopic (exact) mass is 438 g/mol. The number of ether oxygens (including phenoxy) is 2. The zero-order valence-electron chi connectivity index (χ0n) is 17.2. The number of amides is 1. The lowest BCUT2D eigenvalue weighted by Crippen LogP contribution is -2.40. The number of unbranched alkanes of at least 4 members (excludes halogenated alkanes) is 1. The van der Waals surface area contributed by atoms with Gasteiger partial charge in [-0.25, -0.2) is 13.6 Å². The zero-order chi connectivity index (χ0) is 23.0. The van der Waals surface area contributed by atoms with Crippen molar-refractivity contribution in [2.24, 2.45) is 0 Å². The molecule has 2 N–H and O–H groups in total. The maximum atomic E-state index is 13.8. The van der Waals surface area contributed by atoms with Crippen LogP contribution in [-0.4, -0.2) is 54.5 Å². The summed E-state index contributed by atoms with van der Waals surface area (Å²) in [6.45, 7) is 1.50. The summed E-state index contributed by atoms with van der Waals surface area (Å²) in [7, 11) is 1.13. The number of esters is 1. The minimum absolute atomic E-state index is 0.0376. The molecule has 0 aliphatic carbocycles. The van der Waals surface area contributed by atoms with Gasteiger partial charge in [-0.15, -0.1) is 0 Å². The molecule has 1 aromatic carbocycles. The Kier molecular flexibility index (Phi) is 8.68. The molecule has 10 heteroatoms. The van der Waals surface area contributed by atoms with Crippen molar-refractivity contribution in [3.05, 3.63) is 58.6 Å². The molecular formula is C21H24F2N2O6. The molecule has 1 aliphatic heterocycles. The van der Waals surface area contributed by atoms with Crippen molar-refractivity contribution in [3.8, 4) is 0 Å². The molecule has 1 atom stereocenters. The van der Waals surface area contributed by atoms with Gasteiger partial charge in [0.1, 0.15) is 24.0 Å². The maximum absolute atomic E-state index is 13.8. The Morgan fingerprint density at radius 2 is 2.06 bits per heavy atom. The van der Waals surface area contributed by atoms with Gasteiger partial charge in [0.15, 0.2) is 11.5 Å². The van der Waals surface area contributed by atoms with E-state index in [1.165, 1.54) is 6.07 Å². The number of halogens is 2. The van der Waals surface area contributed by atoms with Gasteiger partial charge in [0.05, 0.1) is 25.8 Å². The van der Waals surface area contributed by atoms with E-state index in [1.807, 2.05) is 6.92 Å². The molecule has 1 amide bonds. The van der Waals surface area contributed by atoms with Crippen LogP contribution in [0.2, 0.25) is 0 Å². The third kappa shape index (κ3) is 5.88. The Balaban J connectivity index is 2.30. The van der Waals surface area contributed by atoms with Crippen LogP contribution in [0, 0.1) is 11.6 Å². The van der Waals surface area contributed by atoms with Crippen LogP contribution < -0.4 is 5.32 Å². The summed E-state index contributed by atoms with van der Waals surface area (Å²) in [5.74, 6) is -3.44. The van der Waals surface area contributed by atoms with E-state index in [1.54, 1.807) is 0 Å². The van der Waals surface area contributed by atoms with Crippen molar-refractivity contribution in [2.75, 3.05) is 20.3 Å². The largest absolute Gasteiger partial charge is 0.492 e. The zero-order valence-corrected chi connectivity index (χ0v) is 17.2. The summed E-state index contributed by atoms with van der Waals surface area (Å²) < 4.78 is 37.2. The fraction of sp³-hybridized carbons (Fsp3) is 0.381. The summed E-state index contributed by atoms with van der Waals surface area (Å²) in [5, 5.41) is 13.2. The first kappa shape index (κ1) is 24.0. The van der Waals surface area contributed by atoms with E-state index < -0.39 is 29.6 Å².